The van der Waals surface area contributed by atoms with Crippen LogP contribution in [0.2, 0.25) is 0 Å². The molecule has 0 bridgehead atoms. The van der Waals surface area contributed by atoms with Crippen molar-refractivity contribution in [2.45, 2.75) is 118 Å². The van der Waals surface area contributed by atoms with E-state index in [4.69, 9.17) is 9.47 Å². The number of unbranched alkanes of at least 4 members (excludes halogenated alkanes) is 8. The molecule has 0 saturated carbocycles. The molecule has 0 aliphatic carbocycles. The van der Waals surface area contributed by atoms with Crippen molar-refractivity contribution >= 4 is 35.8 Å². The summed E-state index contributed by atoms with van der Waals surface area (Å²) in [7, 11) is 0. The van der Waals surface area contributed by atoms with Gasteiger partial charge in [0.2, 0.25) is 0 Å². The molecular weight excluding hydrogens is 471 g/mol. The van der Waals surface area contributed by atoms with Crippen molar-refractivity contribution in [3.05, 3.63) is 11.1 Å². The number of ether oxygens (including phenoxy) is 2. The second-order valence-corrected chi connectivity index (χ2v) is 7.56. The van der Waals surface area contributed by atoms with Gasteiger partial charge in [0.1, 0.15) is 0 Å². The van der Waals surface area contributed by atoms with E-state index in [0.717, 1.165) is 51.4 Å². The van der Waals surface area contributed by atoms with Gasteiger partial charge in [0.05, 0.1) is 13.2 Å². The van der Waals surface area contributed by atoms with E-state index in [0.29, 0.717) is 37.2 Å². The molecule has 5 heteroatoms. The zero-order valence-corrected chi connectivity index (χ0v) is 18.9. The monoisotopic (exact) mass is 520 g/mol. The van der Waals surface area contributed by atoms with Crippen LogP contribution in [0.4, 0.5) is 0 Å². The maximum absolute atomic E-state index is 12.7. The Morgan fingerprint density at radius 2 is 0.897 bits per heavy atom. The summed E-state index contributed by atoms with van der Waals surface area (Å²) in [5.41, 5.74) is 1.11. The van der Waals surface area contributed by atoms with E-state index < -0.39 is 0 Å². The molecule has 0 heterocycles. The van der Waals surface area contributed by atoms with Crippen LogP contribution < -0.4 is 0 Å². The average molecular weight is 519 g/mol. The van der Waals surface area contributed by atoms with Crippen LogP contribution >= 0.6 is 0 Å². The van der Waals surface area contributed by atoms with Crippen molar-refractivity contribution in [3.63, 3.8) is 0 Å². The molecule has 0 rings (SSSR count). The third-order valence-electron chi connectivity index (χ3n) is 4.88. The van der Waals surface area contributed by atoms with Crippen molar-refractivity contribution in [1.82, 2.24) is 0 Å². The topological polar surface area (TPSA) is 52.6 Å². The fourth-order valence-corrected chi connectivity index (χ4v) is 2.98. The van der Waals surface area contributed by atoms with Gasteiger partial charge in [-0.1, -0.05) is 79.1 Å². The Morgan fingerprint density at radius 3 is 1.34 bits per heavy atom. The van der Waals surface area contributed by atoms with Gasteiger partial charge in [-0.3, -0.25) is 0 Å². The number of hydrogen-bond acceptors (Lipinski definition) is 4. The van der Waals surface area contributed by atoms with E-state index in [-0.39, 0.29) is 35.8 Å². The van der Waals surface area contributed by atoms with Gasteiger partial charge in [0, 0.05) is 11.1 Å². The fraction of sp³-hybridized carbons (Fsp3) is 0.833. The molecular formula is C24H48O4Sn. The van der Waals surface area contributed by atoms with Crippen molar-refractivity contribution in [1.29, 1.82) is 0 Å². The molecule has 0 saturated heterocycles. The van der Waals surface area contributed by atoms with E-state index >= 15 is 0 Å². The molecule has 0 aromatic heterocycles. The third kappa shape index (κ3) is 15.9. The van der Waals surface area contributed by atoms with Crippen molar-refractivity contribution in [3.8, 4) is 0 Å². The van der Waals surface area contributed by atoms with E-state index in [1.54, 1.807) is 0 Å². The van der Waals surface area contributed by atoms with Gasteiger partial charge in [0.15, 0.2) is 0 Å². The molecule has 0 atom stereocenters. The van der Waals surface area contributed by atoms with Gasteiger partial charge in [-0.25, -0.2) is 9.59 Å². The Balaban J connectivity index is 0. The second-order valence-electron chi connectivity index (χ2n) is 7.56. The molecule has 172 valence electrons. The molecule has 0 unspecified atom stereocenters. The van der Waals surface area contributed by atoms with Crippen molar-refractivity contribution in [2.24, 2.45) is 0 Å². The zero-order valence-electron chi connectivity index (χ0n) is 18.9. The third-order valence-corrected chi connectivity index (χ3v) is 4.88. The summed E-state index contributed by atoms with van der Waals surface area (Å²) in [6.45, 7) is 9.27. The fourth-order valence-electron chi connectivity index (χ4n) is 2.98. The number of carbonyl (C=O) groups excluding carboxylic acids is 2. The minimum atomic E-state index is -0.324. The summed E-state index contributed by atoms with van der Waals surface area (Å²) in [4.78, 5) is 25.4. The first-order valence-electron chi connectivity index (χ1n) is 11.7. The first kappa shape index (κ1) is 30.7. The van der Waals surface area contributed by atoms with Gasteiger partial charge in [-0.15, -0.1) is 0 Å². The molecule has 0 radical (unpaired) electrons. The summed E-state index contributed by atoms with van der Waals surface area (Å²) in [5.74, 6) is -0.643. The number of hydrogen-bond donors (Lipinski definition) is 0. The maximum atomic E-state index is 12.7. The van der Waals surface area contributed by atoms with E-state index in [2.05, 4.69) is 27.7 Å². The minimum absolute atomic E-state index is 0. The number of esters is 2. The normalized spacial score (nSPS) is 11.4. The van der Waals surface area contributed by atoms with Crippen LogP contribution in [-0.2, 0) is 19.1 Å². The molecule has 0 N–H and O–H groups in total. The summed E-state index contributed by atoms with van der Waals surface area (Å²) in [5, 5.41) is 0. The molecule has 29 heavy (non-hydrogen) atoms. The first-order valence-corrected chi connectivity index (χ1v) is 11.7. The van der Waals surface area contributed by atoms with Crippen LogP contribution in [0.1, 0.15) is 118 Å². The summed E-state index contributed by atoms with van der Waals surface area (Å²) in [6.07, 6.45) is 13.6. The molecule has 0 aromatic rings. The molecule has 0 aliphatic heterocycles. The van der Waals surface area contributed by atoms with Gasteiger partial charge < -0.3 is 9.47 Å². The van der Waals surface area contributed by atoms with Crippen LogP contribution in [0.25, 0.3) is 0 Å². The van der Waals surface area contributed by atoms with Gasteiger partial charge in [-0.2, -0.15) is 0 Å². The standard InChI is InChI=1S/C24H44O4.Sn.4H/c1-5-9-13-14-15-16-18-22(24(26)28-20-12-8-4)21(17-10-6-2)23(25)27-19-11-7-3;;;;;/h5-20H2,1-4H3;;;;;/b22-21-;;;;;. The van der Waals surface area contributed by atoms with E-state index in [1.165, 1.54) is 25.7 Å². The zero-order chi connectivity index (χ0) is 21.0. The quantitative estimate of drug-likeness (QED) is 0.105. The van der Waals surface area contributed by atoms with E-state index in [1.807, 2.05) is 0 Å². The van der Waals surface area contributed by atoms with Crippen LogP contribution in [0, 0.1) is 0 Å². The Bertz CT molecular complexity index is 446. The van der Waals surface area contributed by atoms with Crippen LogP contribution in [0.3, 0.4) is 0 Å². The van der Waals surface area contributed by atoms with Gasteiger partial charge in [-0.05, 0) is 38.5 Å². The number of rotatable bonds is 18. The van der Waals surface area contributed by atoms with E-state index in [9.17, 15) is 9.59 Å². The second kappa shape index (κ2) is 22.2. The molecule has 0 spiro atoms. The van der Waals surface area contributed by atoms with Crippen LogP contribution in [0.5, 0.6) is 0 Å². The summed E-state index contributed by atoms with van der Waals surface area (Å²) < 4.78 is 10.9. The predicted octanol–water partition coefficient (Wildman–Crippen LogP) is 5.46. The molecule has 4 nitrogen and oxygen atoms in total. The Kier molecular flexibility index (Phi) is 23.4. The molecule has 0 aromatic carbocycles. The molecule has 0 aliphatic rings. The van der Waals surface area contributed by atoms with Crippen molar-refractivity contribution < 1.29 is 19.1 Å². The van der Waals surface area contributed by atoms with Gasteiger partial charge in [0.25, 0.3) is 0 Å². The van der Waals surface area contributed by atoms with Crippen LogP contribution in [-0.4, -0.2) is 49.1 Å². The summed E-state index contributed by atoms with van der Waals surface area (Å²) in [6, 6.07) is 0. The number of carbonyl (C=O) groups is 2. The van der Waals surface area contributed by atoms with Crippen LogP contribution in [0.15, 0.2) is 11.1 Å². The molecule has 0 amide bonds. The summed E-state index contributed by atoms with van der Waals surface area (Å²) >= 11 is 0. The Morgan fingerprint density at radius 1 is 0.517 bits per heavy atom. The Hall–Kier alpha value is -0.521. The molecule has 0 fully saturated rings. The van der Waals surface area contributed by atoms with Gasteiger partial charge >= 0.3 is 35.8 Å². The first-order chi connectivity index (χ1) is 13.6. The van der Waals surface area contributed by atoms with Crippen molar-refractivity contribution in [2.75, 3.05) is 13.2 Å². The Labute approximate surface area is 196 Å². The average Bonchev–Trinajstić information content (AvgIpc) is 2.69. The SMILES string of the molecule is CCCCCCCC/C(C(=O)OCCCC)=C(\CCCC)C(=O)OCCCC.[SnH4]. The predicted molar refractivity (Wildman–Crippen MR) is 128 cm³/mol.